The molecule has 1 aliphatic rings. The lowest BCUT2D eigenvalue weighted by molar-refractivity contribution is 0.0994. The molecule has 0 radical (unpaired) electrons. The molecule has 2 heterocycles. The number of para-hydroxylation sites is 1. The molecule has 1 unspecified atom stereocenters. The van der Waals surface area contributed by atoms with Crippen LogP contribution in [0.2, 0.25) is 0 Å². The highest BCUT2D eigenvalue weighted by Crippen LogP contribution is 2.29. The van der Waals surface area contributed by atoms with Crippen LogP contribution < -0.4 is 15.8 Å². The molecule has 0 saturated carbocycles. The maximum absolute atomic E-state index is 11.5. The number of ether oxygens (including phenoxy) is 1. The largest absolute Gasteiger partial charge is 0.487 e. The van der Waals surface area contributed by atoms with Crippen molar-refractivity contribution in [3.05, 3.63) is 36.0 Å². The molecule has 1 aromatic carbocycles. The average molecular weight is 257 g/mol. The highest BCUT2D eigenvalue weighted by molar-refractivity contribution is 6.01. The molecule has 0 spiro atoms. The zero-order chi connectivity index (χ0) is 13.2. The number of rotatable bonds is 3. The molecule has 19 heavy (non-hydrogen) atoms. The van der Waals surface area contributed by atoms with Crippen LogP contribution in [-0.4, -0.2) is 30.1 Å². The third-order valence-corrected chi connectivity index (χ3v) is 3.29. The van der Waals surface area contributed by atoms with Crippen LogP contribution in [0.5, 0.6) is 5.75 Å². The van der Waals surface area contributed by atoms with Gasteiger partial charge in [0.25, 0.3) is 5.91 Å². The Balaban J connectivity index is 2.10. The molecule has 1 atom stereocenters. The molecular weight excluding hydrogens is 242 g/mol. The maximum atomic E-state index is 11.5. The van der Waals surface area contributed by atoms with Gasteiger partial charge in [0.15, 0.2) is 0 Å². The number of primary amides is 1. The summed E-state index contributed by atoms with van der Waals surface area (Å²) in [6.07, 6.45) is 2.49. The fourth-order valence-electron chi connectivity index (χ4n) is 2.31. The molecular formula is C14H15N3O2. The number of aromatic nitrogens is 1. The van der Waals surface area contributed by atoms with Gasteiger partial charge in [-0.2, -0.15) is 0 Å². The molecule has 0 aliphatic carbocycles. The predicted molar refractivity (Wildman–Crippen MR) is 72.2 cm³/mol. The van der Waals surface area contributed by atoms with E-state index in [0.29, 0.717) is 11.3 Å². The molecule has 5 nitrogen and oxygen atoms in total. The lowest BCUT2D eigenvalue weighted by Crippen LogP contribution is -2.22. The van der Waals surface area contributed by atoms with Crippen LogP contribution in [0.25, 0.3) is 10.9 Å². The van der Waals surface area contributed by atoms with Crippen molar-refractivity contribution < 1.29 is 9.53 Å². The summed E-state index contributed by atoms with van der Waals surface area (Å²) in [7, 11) is 0. The smallest absolute Gasteiger partial charge is 0.254 e. The summed E-state index contributed by atoms with van der Waals surface area (Å²) in [5.41, 5.74) is 6.54. The summed E-state index contributed by atoms with van der Waals surface area (Å²) in [5, 5.41) is 4.06. The van der Waals surface area contributed by atoms with Gasteiger partial charge in [-0.3, -0.25) is 9.78 Å². The standard InChI is InChI=1S/C14H15N3O2/c15-14(18)11-8-17-12-4-2-1-3-10(12)13(11)19-9-5-6-16-7-9/h1-4,8-9,16H,5-7H2,(H2,15,18). The van der Waals surface area contributed by atoms with Crippen LogP contribution in [0.3, 0.4) is 0 Å². The molecule has 1 fully saturated rings. The van der Waals surface area contributed by atoms with E-state index < -0.39 is 5.91 Å². The van der Waals surface area contributed by atoms with Gasteiger partial charge in [0.05, 0.1) is 5.52 Å². The Morgan fingerprint density at radius 2 is 2.26 bits per heavy atom. The Kier molecular flexibility index (Phi) is 3.05. The summed E-state index contributed by atoms with van der Waals surface area (Å²) in [6.45, 7) is 1.72. The van der Waals surface area contributed by atoms with Gasteiger partial charge < -0.3 is 15.8 Å². The van der Waals surface area contributed by atoms with E-state index in [0.717, 1.165) is 30.4 Å². The Hall–Kier alpha value is -2.14. The molecule has 1 saturated heterocycles. The fourth-order valence-corrected chi connectivity index (χ4v) is 2.31. The van der Waals surface area contributed by atoms with Crippen molar-refractivity contribution in [2.45, 2.75) is 12.5 Å². The van der Waals surface area contributed by atoms with E-state index in [-0.39, 0.29) is 6.10 Å². The Bertz CT molecular complexity index is 621. The predicted octanol–water partition coefficient (Wildman–Crippen LogP) is 1.07. The second-order valence-corrected chi connectivity index (χ2v) is 4.62. The van der Waals surface area contributed by atoms with E-state index in [1.807, 2.05) is 24.3 Å². The molecule has 3 rings (SSSR count). The number of nitrogens with zero attached hydrogens (tertiary/aromatic N) is 1. The van der Waals surface area contributed by atoms with Gasteiger partial charge in [0, 0.05) is 18.1 Å². The van der Waals surface area contributed by atoms with Crippen molar-refractivity contribution in [3.8, 4) is 5.75 Å². The first-order chi connectivity index (χ1) is 9.25. The number of hydrogen-bond acceptors (Lipinski definition) is 4. The quantitative estimate of drug-likeness (QED) is 0.862. The Morgan fingerprint density at radius 3 is 3.00 bits per heavy atom. The van der Waals surface area contributed by atoms with E-state index in [9.17, 15) is 4.79 Å². The summed E-state index contributed by atoms with van der Waals surface area (Å²) in [6, 6.07) is 7.58. The van der Waals surface area contributed by atoms with E-state index in [2.05, 4.69) is 10.3 Å². The zero-order valence-corrected chi connectivity index (χ0v) is 10.4. The Morgan fingerprint density at radius 1 is 1.42 bits per heavy atom. The number of carbonyl (C=O) groups is 1. The number of pyridine rings is 1. The first-order valence-corrected chi connectivity index (χ1v) is 6.30. The molecule has 0 bridgehead atoms. The third kappa shape index (κ3) is 2.24. The number of hydrogen-bond donors (Lipinski definition) is 2. The first-order valence-electron chi connectivity index (χ1n) is 6.30. The van der Waals surface area contributed by atoms with Gasteiger partial charge in [-0.05, 0) is 25.1 Å². The lowest BCUT2D eigenvalue weighted by Gasteiger charge is -2.16. The van der Waals surface area contributed by atoms with Crippen molar-refractivity contribution >= 4 is 16.8 Å². The van der Waals surface area contributed by atoms with Crippen LogP contribution in [0.15, 0.2) is 30.5 Å². The van der Waals surface area contributed by atoms with Gasteiger partial charge in [0.1, 0.15) is 17.4 Å². The van der Waals surface area contributed by atoms with Crippen LogP contribution in [0.4, 0.5) is 0 Å². The van der Waals surface area contributed by atoms with Gasteiger partial charge in [-0.15, -0.1) is 0 Å². The van der Waals surface area contributed by atoms with E-state index in [1.165, 1.54) is 6.20 Å². The highest BCUT2D eigenvalue weighted by Gasteiger charge is 2.21. The summed E-state index contributed by atoms with van der Waals surface area (Å²) < 4.78 is 5.98. The van der Waals surface area contributed by atoms with Crippen molar-refractivity contribution in [3.63, 3.8) is 0 Å². The van der Waals surface area contributed by atoms with Crippen LogP contribution in [-0.2, 0) is 0 Å². The number of fused-ring (bicyclic) bond motifs is 1. The summed E-state index contributed by atoms with van der Waals surface area (Å²) in [4.78, 5) is 15.8. The number of carbonyl (C=O) groups excluding carboxylic acids is 1. The van der Waals surface area contributed by atoms with Crippen molar-refractivity contribution in [1.82, 2.24) is 10.3 Å². The molecule has 3 N–H and O–H groups in total. The molecule has 1 amide bonds. The normalized spacial score (nSPS) is 18.6. The van der Waals surface area contributed by atoms with Crippen molar-refractivity contribution in [1.29, 1.82) is 0 Å². The van der Waals surface area contributed by atoms with Crippen molar-refractivity contribution in [2.24, 2.45) is 5.73 Å². The topological polar surface area (TPSA) is 77.2 Å². The highest BCUT2D eigenvalue weighted by atomic mass is 16.5. The van der Waals surface area contributed by atoms with Crippen molar-refractivity contribution in [2.75, 3.05) is 13.1 Å². The number of amides is 1. The molecule has 1 aliphatic heterocycles. The summed E-state index contributed by atoms with van der Waals surface area (Å²) >= 11 is 0. The van der Waals surface area contributed by atoms with E-state index in [4.69, 9.17) is 10.5 Å². The second-order valence-electron chi connectivity index (χ2n) is 4.62. The minimum Gasteiger partial charge on any atom is -0.487 e. The van der Waals surface area contributed by atoms with Gasteiger partial charge in [-0.1, -0.05) is 12.1 Å². The van der Waals surface area contributed by atoms with Crippen LogP contribution in [0, 0.1) is 0 Å². The van der Waals surface area contributed by atoms with Crippen LogP contribution in [0.1, 0.15) is 16.8 Å². The first kappa shape index (κ1) is 11.9. The van der Waals surface area contributed by atoms with Gasteiger partial charge >= 0.3 is 0 Å². The number of nitrogens with one attached hydrogen (secondary N) is 1. The second kappa shape index (κ2) is 4.85. The molecule has 5 heteroatoms. The molecule has 2 aromatic rings. The SMILES string of the molecule is NC(=O)c1cnc2ccccc2c1OC1CCNC1. The lowest BCUT2D eigenvalue weighted by atomic mass is 10.1. The monoisotopic (exact) mass is 257 g/mol. The maximum Gasteiger partial charge on any atom is 0.254 e. The minimum atomic E-state index is -0.515. The fraction of sp³-hybridized carbons (Fsp3) is 0.286. The minimum absolute atomic E-state index is 0.0731. The van der Waals surface area contributed by atoms with E-state index >= 15 is 0 Å². The Labute approximate surface area is 110 Å². The zero-order valence-electron chi connectivity index (χ0n) is 10.4. The van der Waals surface area contributed by atoms with Crippen LogP contribution >= 0.6 is 0 Å². The number of nitrogens with two attached hydrogens (primary N) is 1. The van der Waals surface area contributed by atoms with Gasteiger partial charge in [0.2, 0.25) is 0 Å². The number of benzene rings is 1. The molecule has 1 aromatic heterocycles. The van der Waals surface area contributed by atoms with Gasteiger partial charge in [-0.25, -0.2) is 0 Å². The third-order valence-electron chi connectivity index (χ3n) is 3.29. The summed E-state index contributed by atoms with van der Waals surface area (Å²) in [5.74, 6) is 0.0333. The average Bonchev–Trinajstić information content (AvgIpc) is 2.92. The molecule has 98 valence electrons. The van der Waals surface area contributed by atoms with E-state index in [1.54, 1.807) is 0 Å².